The Labute approximate surface area is 171 Å². The predicted octanol–water partition coefficient (Wildman–Crippen LogP) is 1.34. The average Bonchev–Trinajstić information content (AvgIpc) is 2.99. The van der Waals surface area contributed by atoms with Gasteiger partial charge >= 0.3 is 11.7 Å². The zero-order chi connectivity index (χ0) is 21.0. The van der Waals surface area contributed by atoms with Crippen molar-refractivity contribution in [2.45, 2.75) is 37.2 Å². The highest BCUT2D eigenvalue weighted by atomic mass is 32.2. The third kappa shape index (κ3) is 4.83. The van der Waals surface area contributed by atoms with Crippen molar-refractivity contribution < 1.29 is 14.3 Å². The number of amides is 1. The van der Waals surface area contributed by atoms with Crippen LogP contribution in [-0.4, -0.2) is 44.2 Å². The van der Waals surface area contributed by atoms with Gasteiger partial charge in [0.2, 0.25) is 5.91 Å². The summed E-state index contributed by atoms with van der Waals surface area (Å²) in [7, 11) is 0. The summed E-state index contributed by atoms with van der Waals surface area (Å²) < 4.78 is 7.14. The molecule has 0 saturated heterocycles. The lowest BCUT2D eigenvalue weighted by Gasteiger charge is -2.06. The molecule has 0 unspecified atom stereocenters. The second-order valence-electron chi connectivity index (χ2n) is 6.32. The summed E-state index contributed by atoms with van der Waals surface area (Å²) in [5, 5.41) is 7.23. The van der Waals surface area contributed by atoms with Gasteiger partial charge in [-0.2, -0.15) is 0 Å². The first kappa shape index (κ1) is 20.6. The second-order valence-corrected chi connectivity index (χ2v) is 7.35. The molecule has 0 aliphatic rings. The Balaban J connectivity index is 1.82. The maximum atomic E-state index is 12.6. The number of rotatable bonds is 7. The van der Waals surface area contributed by atoms with Gasteiger partial charge in [-0.15, -0.1) is 5.10 Å². The van der Waals surface area contributed by atoms with Crippen LogP contribution in [0.15, 0.2) is 45.3 Å². The molecule has 3 rings (SSSR count). The number of ether oxygens (including phenoxy) is 1. The summed E-state index contributed by atoms with van der Waals surface area (Å²) in [6.45, 7) is 5.37. The molecule has 0 saturated carbocycles. The molecule has 29 heavy (non-hydrogen) atoms. The molecule has 3 aromatic rings. The number of carbonyl (C=O) groups is 2. The van der Waals surface area contributed by atoms with Crippen molar-refractivity contribution in [1.82, 2.24) is 24.5 Å². The van der Waals surface area contributed by atoms with E-state index in [4.69, 9.17) is 4.74 Å². The molecule has 2 heterocycles. The molecule has 152 valence electrons. The molecule has 10 heteroatoms. The Morgan fingerprint density at radius 2 is 2.07 bits per heavy atom. The quantitative estimate of drug-likeness (QED) is 0.580. The molecular weight excluding hydrogens is 394 g/mol. The first-order valence-corrected chi connectivity index (χ1v) is 9.82. The third-order valence-electron chi connectivity index (χ3n) is 4.03. The molecule has 1 N–H and O–H groups in total. The highest BCUT2D eigenvalue weighted by molar-refractivity contribution is 7.99. The van der Waals surface area contributed by atoms with Gasteiger partial charge in [-0.3, -0.25) is 9.59 Å². The normalized spacial score (nSPS) is 10.9. The summed E-state index contributed by atoms with van der Waals surface area (Å²) in [6.07, 6.45) is 3.02. The molecule has 0 radical (unpaired) electrons. The smallest absolute Gasteiger partial charge is 0.350 e. The molecular formula is C19H21N5O4S. The van der Waals surface area contributed by atoms with Crippen molar-refractivity contribution in [3.8, 4) is 0 Å². The van der Waals surface area contributed by atoms with Gasteiger partial charge in [0.05, 0.1) is 6.61 Å². The molecule has 0 fully saturated rings. The SMILES string of the molecule is CCOC(=O)CNC(=O)Cn1nc2c(Sc3ccc(C)cc3C)nccn2c1=O. The van der Waals surface area contributed by atoms with Crippen LogP contribution in [0.3, 0.4) is 0 Å². The van der Waals surface area contributed by atoms with Crippen molar-refractivity contribution >= 4 is 29.3 Å². The van der Waals surface area contributed by atoms with Crippen molar-refractivity contribution in [3.63, 3.8) is 0 Å². The van der Waals surface area contributed by atoms with Gasteiger partial charge in [0, 0.05) is 17.3 Å². The molecule has 0 atom stereocenters. The first-order chi connectivity index (χ1) is 13.9. The van der Waals surface area contributed by atoms with Crippen LogP contribution >= 0.6 is 11.8 Å². The highest BCUT2D eigenvalue weighted by Crippen LogP contribution is 2.30. The lowest BCUT2D eigenvalue weighted by atomic mass is 10.2. The van der Waals surface area contributed by atoms with E-state index in [1.165, 1.54) is 28.6 Å². The van der Waals surface area contributed by atoms with E-state index in [1.54, 1.807) is 6.92 Å². The van der Waals surface area contributed by atoms with Gasteiger partial charge in [0.1, 0.15) is 18.1 Å². The summed E-state index contributed by atoms with van der Waals surface area (Å²) in [5.74, 6) is -1.06. The number of nitrogens with one attached hydrogen (secondary N) is 1. The Hall–Kier alpha value is -3.14. The predicted molar refractivity (Wildman–Crippen MR) is 107 cm³/mol. The van der Waals surface area contributed by atoms with Crippen LogP contribution in [-0.2, 0) is 20.9 Å². The van der Waals surface area contributed by atoms with E-state index in [0.29, 0.717) is 10.7 Å². The van der Waals surface area contributed by atoms with Gasteiger partial charge in [0.15, 0.2) is 5.65 Å². The fourth-order valence-electron chi connectivity index (χ4n) is 2.69. The van der Waals surface area contributed by atoms with E-state index in [1.807, 2.05) is 26.0 Å². The van der Waals surface area contributed by atoms with Crippen molar-refractivity contribution in [1.29, 1.82) is 0 Å². The topological polar surface area (TPSA) is 108 Å². The summed E-state index contributed by atoms with van der Waals surface area (Å²) in [6, 6.07) is 6.08. The van der Waals surface area contributed by atoms with E-state index in [0.717, 1.165) is 20.7 Å². The van der Waals surface area contributed by atoms with Gasteiger partial charge < -0.3 is 10.1 Å². The summed E-state index contributed by atoms with van der Waals surface area (Å²) in [4.78, 5) is 41.3. The fourth-order valence-corrected chi connectivity index (χ4v) is 3.60. The summed E-state index contributed by atoms with van der Waals surface area (Å²) >= 11 is 1.40. The number of nitrogens with zero attached hydrogens (tertiary/aromatic N) is 4. The van der Waals surface area contributed by atoms with Crippen molar-refractivity contribution in [3.05, 3.63) is 52.2 Å². The number of hydrogen-bond acceptors (Lipinski definition) is 7. The second kappa shape index (κ2) is 8.91. The van der Waals surface area contributed by atoms with E-state index in [2.05, 4.69) is 21.5 Å². The van der Waals surface area contributed by atoms with Crippen LogP contribution < -0.4 is 11.0 Å². The molecule has 1 amide bonds. The number of carbonyl (C=O) groups excluding carboxylic acids is 2. The molecule has 2 aromatic heterocycles. The maximum absolute atomic E-state index is 12.6. The Bertz CT molecular complexity index is 1120. The van der Waals surface area contributed by atoms with E-state index < -0.39 is 17.6 Å². The van der Waals surface area contributed by atoms with Crippen LogP contribution in [0.2, 0.25) is 0 Å². The number of benzene rings is 1. The van der Waals surface area contributed by atoms with E-state index >= 15 is 0 Å². The molecule has 0 bridgehead atoms. The number of esters is 1. The van der Waals surface area contributed by atoms with Crippen molar-refractivity contribution in [2.24, 2.45) is 0 Å². The zero-order valence-electron chi connectivity index (χ0n) is 16.3. The fraction of sp³-hybridized carbons (Fsp3) is 0.316. The van der Waals surface area contributed by atoms with Gasteiger partial charge in [-0.05, 0) is 32.4 Å². The summed E-state index contributed by atoms with van der Waals surface area (Å²) in [5.41, 5.74) is 2.16. The monoisotopic (exact) mass is 415 g/mol. The van der Waals surface area contributed by atoms with Crippen LogP contribution in [0.4, 0.5) is 0 Å². The molecule has 9 nitrogen and oxygen atoms in total. The van der Waals surface area contributed by atoms with Crippen LogP contribution in [0.1, 0.15) is 18.1 Å². The van der Waals surface area contributed by atoms with Gasteiger partial charge in [-0.1, -0.05) is 29.5 Å². The lowest BCUT2D eigenvalue weighted by molar-refractivity contribution is -0.143. The minimum Gasteiger partial charge on any atom is -0.465 e. The first-order valence-electron chi connectivity index (χ1n) is 9.00. The number of fused-ring (bicyclic) bond motifs is 1. The Morgan fingerprint density at radius 3 is 2.79 bits per heavy atom. The van der Waals surface area contributed by atoms with Gasteiger partial charge in [0.25, 0.3) is 0 Å². The average molecular weight is 415 g/mol. The Kier molecular flexibility index (Phi) is 6.32. The van der Waals surface area contributed by atoms with Gasteiger partial charge in [-0.25, -0.2) is 18.9 Å². The highest BCUT2D eigenvalue weighted by Gasteiger charge is 2.16. The molecule has 0 aliphatic carbocycles. The lowest BCUT2D eigenvalue weighted by Crippen LogP contribution is -2.36. The Morgan fingerprint density at radius 1 is 1.28 bits per heavy atom. The number of aryl methyl sites for hydroxylation is 2. The molecule has 0 aliphatic heterocycles. The van der Waals surface area contributed by atoms with Crippen LogP contribution in [0.25, 0.3) is 5.65 Å². The zero-order valence-corrected chi connectivity index (χ0v) is 17.2. The van der Waals surface area contributed by atoms with Crippen LogP contribution in [0, 0.1) is 13.8 Å². The van der Waals surface area contributed by atoms with E-state index in [-0.39, 0.29) is 19.7 Å². The largest absolute Gasteiger partial charge is 0.465 e. The van der Waals surface area contributed by atoms with E-state index in [9.17, 15) is 14.4 Å². The maximum Gasteiger partial charge on any atom is 0.350 e. The standard InChI is InChI=1S/C19H21N5O4S/c1-4-28-16(26)10-21-15(25)11-24-19(27)23-8-7-20-18(17(23)22-24)29-14-6-5-12(2)9-13(14)3/h5-9H,4,10-11H2,1-3H3,(H,21,25). The molecule has 0 spiro atoms. The minimum absolute atomic E-state index is 0.231. The minimum atomic E-state index is -0.542. The third-order valence-corrected chi connectivity index (χ3v) is 5.19. The number of aromatic nitrogens is 4. The van der Waals surface area contributed by atoms with Crippen molar-refractivity contribution in [2.75, 3.05) is 13.2 Å². The van der Waals surface area contributed by atoms with Crippen LogP contribution in [0.5, 0.6) is 0 Å². The molecule has 1 aromatic carbocycles. The number of hydrogen-bond donors (Lipinski definition) is 1.